The summed E-state index contributed by atoms with van der Waals surface area (Å²) in [7, 11) is 1.40. The van der Waals surface area contributed by atoms with Crippen molar-refractivity contribution in [3.63, 3.8) is 0 Å². The third kappa shape index (κ3) is 5.73. The van der Waals surface area contributed by atoms with Gasteiger partial charge in [0.25, 0.3) is 0 Å². The van der Waals surface area contributed by atoms with Crippen LogP contribution in [0.25, 0.3) is 0 Å². The van der Waals surface area contributed by atoms with Crippen LogP contribution in [0.1, 0.15) is 49.7 Å². The number of methoxy groups -OCH3 is 1. The first-order valence-corrected chi connectivity index (χ1v) is 12.3. The molecule has 1 aromatic rings. The van der Waals surface area contributed by atoms with Gasteiger partial charge < -0.3 is 14.5 Å². The van der Waals surface area contributed by atoms with Crippen LogP contribution in [0.5, 0.6) is 0 Å². The molecule has 2 aliphatic heterocycles. The Morgan fingerprint density at radius 1 is 1.00 bits per heavy atom. The van der Waals surface area contributed by atoms with Crippen molar-refractivity contribution in [3.8, 4) is 0 Å². The van der Waals surface area contributed by atoms with E-state index in [2.05, 4.69) is 0 Å². The van der Waals surface area contributed by atoms with Gasteiger partial charge in [-0.3, -0.25) is 14.5 Å². The molecule has 10 heteroatoms. The Bertz CT molecular complexity index is 960. The second-order valence-electron chi connectivity index (χ2n) is 9.66. The SMILES string of the molecule is COC(=O)CCC1CCC(N2CCN(c3ccc4c(c3)CCN(C(=O)C(F)(F)F)CC4)C2=O)CC1. The van der Waals surface area contributed by atoms with Crippen molar-refractivity contribution in [2.75, 3.05) is 38.2 Å². The van der Waals surface area contributed by atoms with Gasteiger partial charge in [-0.2, -0.15) is 13.2 Å². The highest BCUT2D eigenvalue weighted by molar-refractivity contribution is 5.94. The minimum atomic E-state index is -4.87. The molecule has 1 saturated carbocycles. The number of carbonyl (C=O) groups is 3. The summed E-state index contributed by atoms with van der Waals surface area (Å²) in [5.74, 6) is -1.50. The van der Waals surface area contributed by atoms with Gasteiger partial charge in [0.1, 0.15) is 0 Å². The van der Waals surface area contributed by atoms with Crippen molar-refractivity contribution in [2.24, 2.45) is 5.92 Å². The number of nitrogens with zero attached hydrogens (tertiary/aromatic N) is 3. The molecule has 1 aliphatic carbocycles. The molecule has 1 aromatic carbocycles. The van der Waals surface area contributed by atoms with E-state index in [1.807, 2.05) is 23.1 Å². The third-order valence-corrected chi connectivity index (χ3v) is 7.62. The number of amides is 3. The number of urea groups is 1. The lowest BCUT2D eigenvalue weighted by molar-refractivity contribution is -0.185. The summed E-state index contributed by atoms with van der Waals surface area (Å²) in [6, 6.07) is 5.76. The van der Waals surface area contributed by atoms with E-state index in [0.717, 1.165) is 53.8 Å². The Hall–Kier alpha value is -2.78. The van der Waals surface area contributed by atoms with E-state index in [-0.39, 0.29) is 31.1 Å². The van der Waals surface area contributed by atoms with Crippen LogP contribution in [0.3, 0.4) is 0 Å². The third-order valence-electron chi connectivity index (χ3n) is 7.62. The molecule has 2 heterocycles. The molecule has 0 aromatic heterocycles. The fraction of sp³-hybridized carbons (Fsp3) is 0.640. The van der Waals surface area contributed by atoms with E-state index in [0.29, 0.717) is 38.3 Å². The van der Waals surface area contributed by atoms with Crippen LogP contribution < -0.4 is 4.90 Å². The lowest BCUT2D eigenvalue weighted by atomic mass is 9.83. The van der Waals surface area contributed by atoms with E-state index in [9.17, 15) is 27.6 Å². The maximum absolute atomic E-state index is 13.2. The van der Waals surface area contributed by atoms with Crippen LogP contribution in [-0.4, -0.2) is 73.2 Å². The summed E-state index contributed by atoms with van der Waals surface area (Å²) < 4.78 is 43.3. The Morgan fingerprint density at radius 2 is 1.69 bits per heavy atom. The molecule has 0 radical (unpaired) electrons. The highest BCUT2D eigenvalue weighted by atomic mass is 19.4. The molecule has 0 spiro atoms. The fourth-order valence-corrected chi connectivity index (χ4v) is 5.56. The summed E-state index contributed by atoms with van der Waals surface area (Å²) in [5, 5.41) is 0. The van der Waals surface area contributed by atoms with Crippen LogP contribution in [-0.2, 0) is 27.2 Å². The van der Waals surface area contributed by atoms with Gasteiger partial charge in [0.15, 0.2) is 0 Å². The number of anilines is 1. The van der Waals surface area contributed by atoms with Gasteiger partial charge in [-0.25, -0.2) is 4.79 Å². The number of ether oxygens (including phenoxy) is 1. The van der Waals surface area contributed by atoms with Crippen molar-refractivity contribution in [1.29, 1.82) is 0 Å². The molecule has 2 fully saturated rings. The molecular weight excluding hydrogens is 463 g/mol. The maximum atomic E-state index is 13.2. The van der Waals surface area contributed by atoms with E-state index in [4.69, 9.17) is 4.74 Å². The molecule has 7 nitrogen and oxygen atoms in total. The molecule has 3 aliphatic rings. The predicted molar refractivity (Wildman–Crippen MR) is 123 cm³/mol. The minimum absolute atomic E-state index is 0.00802. The van der Waals surface area contributed by atoms with E-state index in [1.54, 1.807) is 4.90 Å². The van der Waals surface area contributed by atoms with Crippen molar-refractivity contribution in [2.45, 2.75) is 63.6 Å². The molecular formula is C25H32F3N3O4. The van der Waals surface area contributed by atoms with Crippen LogP contribution in [0.15, 0.2) is 18.2 Å². The molecule has 0 atom stereocenters. The summed E-state index contributed by atoms with van der Waals surface area (Å²) in [6.07, 6.45) is 0.867. The number of benzene rings is 1. The number of esters is 1. The van der Waals surface area contributed by atoms with Crippen LogP contribution in [0.2, 0.25) is 0 Å². The fourth-order valence-electron chi connectivity index (χ4n) is 5.56. The number of fused-ring (bicyclic) bond motifs is 1. The molecule has 4 rings (SSSR count). The number of hydrogen-bond acceptors (Lipinski definition) is 4. The van der Waals surface area contributed by atoms with E-state index in [1.165, 1.54) is 7.11 Å². The van der Waals surface area contributed by atoms with Gasteiger partial charge in [0.2, 0.25) is 0 Å². The second-order valence-corrected chi connectivity index (χ2v) is 9.66. The quantitative estimate of drug-likeness (QED) is 0.581. The topological polar surface area (TPSA) is 70.2 Å². The van der Waals surface area contributed by atoms with Crippen molar-refractivity contribution < 1.29 is 32.3 Å². The zero-order chi connectivity index (χ0) is 25.2. The van der Waals surface area contributed by atoms with Crippen LogP contribution in [0, 0.1) is 5.92 Å². The zero-order valence-corrected chi connectivity index (χ0v) is 20.0. The number of rotatable bonds is 5. The van der Waals surface area contributed by atoms with Gasteiger partial charge in [-0.05, 0) is 74.1 Å². The van der Waals surface area contributed by atoms with Crippen molar-refractivity contribution in [3.05, 3.63) is 29.3 Å². The van der Waals surface area contributed by atoms with E-state index < -0.39 is 12.1 Å². The zero-order valence-electron chi connectivity index (χ0n) is 20.0. The summed E-state index contributed by atoms with van der Waals surface area (Å²) in [4.78, 5) is 40.8. The van der Waals surface area contributed by atoms with Gasteiger partial charge in [0, 0.05) is 44.3 Å². The minimum Gasteiger partial charge on any atom is -0.469 e. The second kappa shape index (κ2) is 10.5. The standard InChI is InChI=1S/C25H32F3N3O4/c1-35-22(32)9-4-17-2-6-20(7-3-17)30-14-15-31(24(30)34)21-8-5-18-10-12-29(13-11-19(18)16-21)23(33)25(26,27)28/h5,8,16-17,20H,2-4,6-7,9-15H2,1H3. The Labute approximate surface area is 203 Å². The lowest BCUT2D eigenvalue weighted by Gasteiger charge is -2.34. The van der Waals surface area contributed by atoms with Gasteiger partial charge >= 0.3 is 24.1 Å². The molecule has 3 amide bonds. The molecule has 192 valence electrons. The number of halogens is 3. The van der Waals surface area contributed by atoms with Crippen LogP contribution in [0.4, 0.5) is 23.7 Å². The molecule has 1 saturated heterocycles. The predicted octanol–water partition coefficient (Wildman–Crippen LogP) is 3.93. The maximum Gasteiger partial charge on any atom is 0.471 e. The van der Waals surface area contributed by atoms with Crippen LogP contribution >= 0.6 is 0 Å². The summed E-state index contributed by atoms with van der Waals surface area (Å²) >= 11 is 0. The molecule has 0 N–H and O–H groups in total. The Balaban J connectivity index is 1.35. The van der Waals surface area contributed by atoms with Gasteiger partial charge in [-0.15, -0.1) is 0 Å². The summed E-state index contributed by atoms with van der Waals surface area (Å²) in [5.41, 5.74) is 2.55. The highest BCUT2D eigenvalue weighted by Crippen LogP contribution is 2.34. The first kappa shape index (κ1) is 25.3. The highest BCUT2D eigenvalue weighted by Gasteiger charge is 2.42. The van der Waals surface area contributed by atoms with Gasteiger partial charge in [0.05, 0.1) is 7.11 Å². The first-order valence-electron chi connectivity index (χ1n) is 12.3. The average Bonchev–Trinajstić information content (AvgIpc) is 3.10. The first-order chi connectivity index (χ1) is 16.7. The molecule has 0 unspecified atom stereocenters. The summed E-state index contributed by atoms with van der Waals surface area (Å²) in [6.45, 7) is 1.25. The average molecular weight is 496 g/mol. The largest absolute Gasteiger partial charge is 0.471 e. The van der Waals surface area contributed by atoms with Crippen molar-refractivity contribution in [1.82, 2.24) is 9.80 Å². The number of carbonyl (C=O) groups excluding carboxylic acids is 3. The van der Waals surface area contributed by atoms with E-state index >= 15 is 0 Å². The smallest absolute Gasteiger partial charge is 0.469 e. The Morgan fingerprint density at radius 3 is 2.34 bits per heavy atom. The number of alkyl halides is 3. The van der Waals surface area contributed by atoms with Crippen molar-refractivity contribution >= 4 is 23.6 Å². The van der Waals surface area contributed by atoms with Gasteiger partial charge in [-0.1, -0.05) is 6.07 Å². The molecule has 0 bridgehead atoms. The lowest BCUT2D eigenvalue weighted by Crippen LogP contribution is -2.42. The normalized spacial score (nSPS) is 23.2. The number of hydrogen-bond donors (Lipinski definition) is 0. The Kier molecular flexibility index (Phi) is 7.56. The monoisotopic (exact) mass is 495 g/mol. The molecule has 35 heavy (non-hydrogen) atoms.